The van der Waals surface area contributed by atoms with Gasteiger partial charge in [0.05, 0.1) is 32.0 Å². The quantitative estimate of drug-likeness (QED) is 0.0333. The fourth-order valence-corrected chi connectivity index (χ4v) is 9.12. The number of carboxylic acids is 1. The number of ether oxygens (including phenoxy) is 2. The number of likely N-dealkylation sites (tertiary alicyclic amines) is 1. The van der Waals surface area contributed by atoms with Crippen LogP contribution in [0.1, 0.15) is 154 Å². The fourth-order valence-electron chi connectivity index (χ4n) is 7.15. The second-order valence-corrected chi connectivity index (χ2v) is 20.4. The number of aromatic nitrogens is 2. The van der Waals surface area contributed by atoms with Crippen molar-refractivity contribution in [2.75, 3.05) is 65.6 Å². The van der Waals surface area contributed by atoms with E-state index in [1.54, 1.807) is 25.6 Å². The Kier molecular flexibility index (Phi) is 37.3. The van der Waals surface area contributed by atoms with Crippen LogP contribution >= 0.6 is 23.3 Å². The molecule has 2 saturated heterocycles. The summed E-state index contributed by atoms with van der Waals surface area (Å²) in [5.41, 5.74) is 2.71. The minimum atomic E-state index is -0.833. The highest BCUT2D eigenvalue weighted by Gasteiger charge is 2.34. The Bertz CT molecular complexity index is 1870. The van der Waals surface area contributed by atoms with Crippen LogP contribution in [0.5, 0.6) is 11.5 Å². The lowest BCUT2D eigenvalue weighted by atomic mass is 9.85. The van der Waals surface area contributed by atoms with E-state index in [-0.39, 0.29) is 24.0 Å². The van der Waals surface area contributed by atoms with E-state index < -0.39 is 5.97 Å². The highest BCUT2D eigenvalue weighted by molar-refractivity contribution is 7.97. The van der Waals surface area contributed by atoms with Crippen molar-refractivity contribution in [2.24, 2.45) is 11.3 Å². The van der Waals surface area contributed by atoms with Crippen LogP contribution in [0.4, 0.5) is 9.93 Å². The smallest absolute Gasteiger partial charge is 0.315 e. The first kappa shape index (κ1) is 67.0. The van der Waals surface area contributed by atoms with E-state index in [0.717, 1.165) is 65.0 Å². The third kappa shape index (κ3) is 29.4. The first-order chi connectivity index (χ1) is 34.0. The van der Waals surface area contributed by atoms with E-state index in [1.165, 1.54) is 82.9 Å². The normalized spacial score (nSPS) is 16.2. The number of benzene rings is 1. The second kappa shape index (κ2) is 39.6. The standard InChI is InChI=1S/C17H19N3O2S.C14H29N.C12H21N3O2S.C6H13N.C2H4O2.2C2H6/c1-10(2)18-17-20-15(9-23-17)14-8-16(22-4)12-6-5-11(21-3)7-13(12)19-14;1-6-7-8-9-10-11-12-14(3,4)13(2)15-5;16-7-5-13-12(17)14-11(10-3-4-10)9-15-6-1-2-8-18-15;1-6-4-3-5-7(6)2;1-2(3)4;2*1-2/h5-10H,1-4H3,(H,18,20);11-13,15H,6-10H2,1-5H3;7,10-11H,1-6,8-9H2,(H2,13,14,17);6H,3-5H2,1-2H3;1H3,(H,3,4);2*1-2H3/b;12-11-;;;;;/t;;;6-;;;/m...1.../s1. The molecule has 0 radical (unpaired) electrons. The lowest BCUT2D eigenvalue weighted by Crippen LogP contribution is -2.48. The molecule has 2 unspecified atom stereocenters. The van der Waals surface area contributed by atoms with Gasteiger partial charge in [0.15, 0.2) is 5.13 Å². The van der Waals surface area contributed by atoms with E-state index in [4.69, 9.17) is 24.4 Å². The van der Waals surface area contributed by atoms with Gasteiger partial charge in [-0.1, -0.05) is 91.8 Å². The van der Waals surface area contributed by atoms with Crippen molar-refractivity contribution in [2.45, 2.75) is 178 Å². The van der Waals surface area contributed by atoms with Crippen molar-refractivity contribution in [1.82, 2.24) is 35.1 Å². The van der Waals surface area contributed by atoms with Gasteiger partial charge < -0.3 is 45.5 Å². The van der Waals surface area contributed by atoms with E-state index in [0.29, 0.717) is 24.3 Å². The molecule has 1 aliphatic carbocycles. The highest BCUT2D eigenvalue weighted by Crippen LogP contribution is 2.35. The lowest BCUT2D eigenvalue weighted by Gasteiger charge is -2.29. The predicted octanol–water partition coefficient (Wildman–Crippen LogP) is 12.6. The molecule has 406 valence electrons. The van der Waals surface area contributed by atoms with Gasteiger partial charge in [-0.2, -0.15) is 0 Å². The Labute approximate surface area is 439 Å². The maximum absolute atomic E-state index is 11.6. The number of hydrogen-bond donors (Lipinski definition) is 5. The van der Waals surface area contributed by atoms with Crippen LogP contribution in [-0.2, 0) is 9.59 Å². The number of aldehydes is 1. The molecule has 0 bridgehead atoms. The zero-order chi connectivity index (χ0) is 53.8. The molecule has 3 fully saturated rings. The van der Waals surface area contributed by atoms with Crippen LogP contribution in [0.3, 0.4) is 0 Å². The van der Waals surface area contributed by atoms with Gasteiger partial charge in [0, 0.05) is 72.8 Å². The molecule has 0 spiro atoms. The van der Waals surface area contributed by atoms with Gasteiger partial charge in [-0.15, -0.1) is 11.3 Å². The molecule has 4 heterocycles. The SMILES string of the molecule is CC.CC.CC(=O)O.CCCCCC/C=C\C(C)(C)C(C)NC.COc1ccc2c(OC)cc(-c3csc(NC(C)C)n3)nc2c1.C[C@@H]1CCCN1C.O=CCNC(=O)NC(CN1CCCCS1)C1CC1. The molecule has 3 aromatic rings. The fraction of sp³-hybridized carbons (Fsp3) is 0.691. The molecule has 2 aromatic heterocycles. The maximum Gasteiger partial charge on any atom is 0.315 e. The van der Waals surface area contributed by atoms with Crippen LogP contribution in [0.2, 0.25) is 0 Å². The zero-order valence-electron chi connectivity index (χ0n) is 46.9. The minimum absolute atomic E-state index is 0.0850. The maximum atomic E-state index is 11.6. The molecule has 71 heavy (non-hydrogen) atoms. The lowest BCUT2D eigenvalue weighted by molar-refractivity contribution is -0.134. The number of aliphatic carboxylic acids is 1. The Hall–Kier alpha value is -3.96. The Morgan fingerprint density at radius 1 is 0.958 bits per heavy atom. The molecule has 2 amide bonds. The topological polar surface area (TPSA) is 170 Å². The number of unbranched alkanes of at least 4 members (excludes halogenated alkanes) is 4. The summed E-state index contributed by atoms with van der Waals surface area (Å²) in [6.45, 7) is 28.0. The Morgan fingerprint density at radius 2 is 1.65 bits per heavy atom. The van der Waals surface area contributed by atoms with Crippen molar-refractivity contribution < 1.29 is 29.0 Å². The average Bonchev–Trinajstić information content (AvgIpc) is 4.01. The molecule has 3 atom stereocenters. The van der Waals surface area contributed by atoms with Gasteiger partial charge >= 0.3 is 6.03 Å². The van der Waals surface area contributed by atoms with Crippen LogP contribution in [0.25, 0.3) is 22.3 Å². The molecule has 5 N–H and O–H groups in total. The molecular formula is C55H98N8O6S2. The number of nitrogens with zero attached hydrogens (tertiary/aromatic N) is 4. The Morgan fingerprint density at radius 3 is 2.15 bits per heavy atom. The van der Waals surface area contributed by atoms with E-state index in [9.17, 15) is 9.59 Å². The summed E-state index contributed by atoms with van der Waals surface area (Å²) >= 11 is 3.46. The number of allylic oxidation sites excluding steroid dienone is 1. The van der Waals surface area contributed by atoms with Gasteiger partial charge in [-0.05, 0) is 123 Å². The molecule has 1 aromatic carbocycles. The second-order valence-electron chi connectivity index (χ2n) is 18.4. The highest BCUT2D eigenvalue weighted by atomic mass is 32.2. The largest absolute Gasteiger partial charge is 0.497 e. The van der Waals surface area contributed by atoms with Crippen LogP contribution in [0.15, 0.2) is 41.8 Å². The van der Waals surface area contributed by atoms with E-state index in [1.807, 2.05) is 76.3 Å². The number of rotatable bonds is 19. The monoisotopic (exact) mass is 1030 g/mol. The van der Waals surface area contributed by atoms with Crippen molar-refractivity contribution in [3.8, 4) is 22.9 Å². The van der Waals surface area contributed by atoms with Crippen LogP contribution in [-0.4, -0.2) is 127 Å². The number of anilines is 1. The number of hydrogen-bond acceptors (Lipinski definition) is 13. The first-order valence-corrected chi connectivity index (χ1v) is 28.2. The number of carbonyl (C=O) groups excluding carboxylic acids is 2. The molecule has 14 nitrogen and oxygen atoms in total. The average molecular weight is 1030 g/mol. The predicted molar refractivity (Wildman–Crippen MR) is 305 cm³/mol. The van der Waals surface area contributed by atoms with Gasteiger partial charge in [-0.25, -0.2) is 19.1 Å². The summed E-state index contributed by atoms with van der Waals surface area (Å²) < 4.78 is 13.2. The number of nitrogens with one attached hydrogen (secondary N) is 4. The summed E-state index contributed by atoms with van der Waals surface area (Å²) in [7, 11) is 7.53. The molecule has 3 aliphatic rings. The summed E-state index contributed by atoms with van der Waals surface area (Å²) in [5, 5.41) is 23.4. The summed E-state index contributed by atoms with van der Waals surface area (Å²) in [5.74, 6) is 2.52. The van der Waals surface area contributed by atoms with Crippen LogP contribution in [0, 0.1) is 11.3 Å². The summed E-state index contributed by atoms with van der Waals surface area (Å²) in [4.78, 5) is 42.5. The van der Waals surface area contributed by atoms with Gasteiger partial charge in [0.1, 0.15) is 23.5 Å². The number of fused-ring (bicyclic) bond motifs is 1. The van der Waals surface area contributed by atoms with Crippen molar-refractivity contribution in [1.29, 1.82) is 0 Å². The number of methoxy groups -OCH3 is 2. The van der Waals surface area contributed by atoms with Gasteiger partial charge in [0.2, 0.25) is 0 Å². The molecule has 6 rings (SSSR count). The van der Waals surface area contributed by atoms with Crippen LogP contribution < -0.4 is 30.7 Å². The molecule has 2 aliphatic heterocycles. The number of urea groups is 1. The molecule has 1 saturated carbocycles. The van der Waals surface area contributed by atoms with E-state index in [2.05, 4.69) is 103 Å². The van der Waals surface area contributed by atoms with E-state index >= 15 is 0 Å². The summed E-state index contributed by atoms with van der Waals surface area (Å²) in [6, 6.07) is 9.41. The number of amides is 2. The van der Waals surface area contributed by atoms with Crippen molar-refractivity contribution in [3.05, 3.63) is 41.8 Å². The third-order valence-corrected chi connectivity index (χ3v) is 13.9. The zero-order valence-corrected chi connectivity index (χ0v) is 48.5. The van der Waals surface area contributed by atoms with Crippen molar-refractivity contribution in [3.63, 3.8) is 0 Å². The number of pyridine rings is 1. The number of thiazole rings is 1. The van der Waals surface area contributed by atoms with Gasteiger partial charge in [0.25, 0.3) is 5.97 Å². The number of carbonyl (C=O) groups is 3. The van der Waals surface area contributed by atoms with Crippen molar-refractivity contribution >= 4 is 57.6 Å². The first-order valence-electron chi connectivity index (χ1n) is 26.3. The molecule has 16 heteroatoms. The number of carboxylic acid groups (broad SMARTS) is 1. The third-order valence-electron chi connectivity index (χ3n) is 11.9. The minimum Gasteiger partial charge on any atom is -0.497 e. The Balaban J connectivity index is 0.000000919. The summed E-state index contributed by atoms with van der Waals surface area (Å²) in [6.07, 6.45) is 19.8. The van der Waals surface area contributed by atoms with Gasteiger partial charge in [-0.3, -0.25) is 4.79 Å². The molecular weight excluding hydrogens is 933 g/mol.